The Morgan fingerprint density at radius 3 is 2.89 bits per heavy atom. The molecule has 1 aromatic carbocycles. The van der Waals surface area contributed by atoms with Crippen LogP contribution in [0.3, 0.4) is 0 Å². The predicted octanol–water partition coefficient (Wildman–Crippen LogP) is 2.47. The molecule has 1 N–H and O–H groups in total. The van der Waals surface area contributed by atoms with Crippen molar-refractivity contribution < 1.29 is 4.39 Å². The lowest BCUT2D eigenvalue weighted by Crippen LogP contribution is -2.11. The number of hydrogen-bond acceptors (Lipinski definition) is 2. The van der Waals surface area contributed by atoms with Crippen LogP contribution in [0, 0.1) is 5.82 Å². The molecule has 0 atom stereocenters. The fraction of sp³-hybridized carbons (Fsp3) is 0.357. The van der Waals surface area contributed by atoms with E-state index in [0.29, 0.717) is 0 Å². The summed E-state index contributed by atoms with van der Waals surface area (Å²) in [5.41, 5.74) is 3.06. The molecule has 0 aliphatic heterocycles. The van der Waals surface area contributed by atoms with Crippen LogP contribution in [0.5, 0.6) is 0 Å². The van der Waals surface area contributed by atoms with Gasteiger partial charge < -0.3 is 5.32 Å². The first-order valence-electron chi connectivity index (χ1n) is 6.21. The molecule has 3 nitrogen and oxygen atoms in total. The van der Waals surface area contributed by atoms with Gasteiger partial charge in [-0.1, -0.05) is 12.1 Å². The van der Waals surface area contributed by atoms with Crippen LogP contribution in [-0.4, -0.2) is 23.4 Å². The van der Waals surface area contributed by atoms with E-state index in [1.165, 1.54) is 6.07 Å². The minimum absolute atomic E-state index is 0.212. The van der Waals surface area contributed by atoms with Gasteiger partial charge in [0.25, 0.3) is 0 Å². The van der Waals surface area contributed by atoms with Gasteiger partial charge in [0.05, 0.1) is 11.9 Å². The van der Waals surface area contributed by atoms with Crippen molar-refractivity contribution in [2.75, 3.05) is 13.6 Å². The fourth-order valence-electron chi connectivity index (χ4n) is 2.08. The van der Waals surface area contributed by atoms with Gasteiger partial charge in [0.1, 0.15) is 5.82 Å². The summed E-state index contributed by atoms with van der Waals surface area (Å²) in [4.78, 5) is 0. The fourth-order valence-corrected chi connectivity index (χ4v) is 2.08. The Hall–Kier alpha value is -1.68. The number of rotatable bonds is 5. The highest BCUT2D eigenvalue weighted by Gasteiger charge is 2.12. The van der Waals surface area contributed by atoms with Crippen molar-refractivity contribution in [2.24, 2.45) is 0 Å². The number of nitrogens with zero attached hydrogens (tertiary/aromatic N) is 2. The molecule has 0 unspecified atom stereocenters. The van der Waals surface area contributed by atoms with Crippen LogP contribution in [0.2, 0.25) is 0 Å². The van der Waals surface area contributed by atoms with E-state index in [9.17, 15) is 4.39 Å². The SMILES string of the molecule is CCn1ncc(CCNC)c1-c1cccc(F)c1. The summed E-state index contributed by atoms with van der Waals surface area (Å²) < 4.78 is 15.3. The second kappa shape index (κ2) is 5.78. The van der Waals surface area contributed by atoms with E-state index in [0.717, 1.165) is 36.3 Å². The summed E-state index contributed by atoms with van der Waals surface area (Å²) in [5, 5.41) is 7.48. The average molecular weight is 247 g/mol. The van der Waals surface area contributed by atoms with Crippen LogP contribution in [0.4, 0.5) is 4.39 Å². The smallest absolute Gasteiger partial charge is 0.123 e. The topological polar surface area (TPSA) is 29.9 Å². The lowest BCUT2D eigenvalue weighted by Gasteiger charge is -2.08. The maximum Gasteiger partial charge on any atom is 0.123 e. The van der Waals surface area contributed by atoms with E-state index in [2.05, 4.69) is 10.4 Å². The maximum atomic E-state index is 13.3. The summed E-state index contributed by atoms with van der Waals surface area (Å²) in [6, 6.07) is 6.68. The van der Waals surface area contributed by atoms with Gasteiger partial charge in [-0.2, -0.15) is 5.10 Å². The van der Waals surface area contributed by atoms with E-state index >= 15 is 0 Å². The molecule has 0 saturated carbocycles. The zero-order valence-corrected chi connectivity index (χ0v) is 10.8. The van der Waals surface area contributed by atoms with Gasteiger partial charge in [-0.3, -0.25) is 4.68 Å². The molecule has 0 fully saturated rings. The van der Waals surface area contributed by atoms with Crippen molar-refractivity contribution in [3.05, 3.63) is 41.8 Å². The molecule has 0 bridgehead atoms. The van der Waals surface area contributed by atoms with Crippen molar-refractivity contribution in [3.8, 4) is 11.3 Å². The molecular weight excluding hydrogens is 229 g/mol. The minimum atomic E-state index is -0.212. The molecule has 0 aliphatic rings. The van der Waals surface area contributed by atoms with Crippen LogP contribution < -0.4 is 5.32 Å². The number of halogens is 1. The Morgan fingerprint density at radius 1 is 1.39 bits per heavy atom. The van der Waals surface area contributed by atoms with Crippen molar-refractivity contribution in [1.29, 1.82) is 0 Å². The normalized spacial score (nSPS) is 10.8. The lowest BCUT2D eigenvalue weighted by atomic mass is 10.1. The van der Waals surface area contributed by atoms with Gasteiger partial charge in [0, 0.05) is 12.1 Å². The van der Waals surface area contributed by atoms with Crippen molar-refractivity contribution in [1.82, 2.24) is 15.1 Å². The number of nitrogens with one attached hydrogen (secondary N) is 1. The number of hydrogen-bond donors (Lipinski definition) is 1. The Morgan fingerprint density at radius 2 is 2.22 bits per heavy atom. The highest BCUT2D eigenvalue weighted by Crippen LogP contribution is 2.24. The Labute approximate surface area is 107 Å². The highest BCUT2D eigenvalue weighted by molar-refractivity contribution is 5.63. The van der Waals surface area contributed by atoms with Crippen LogP contribution >= 0.6 is 0 Å². The predicted molar refractivity (Wildman–Crippen MR) is 70.9 cm³/mol. The average Bonchev–Trinajstić information content (AvgIpc) is 2.79. The third kappa shape index (κ3) is 2.59. The molecule has 0 amide bonds. The molecule has 18 heavy (non-hydrogen) atoms. The summed E-state index contributed by atoms with van der Waals surface area (Å²) in [5.74, 6) is -0.212. The molecule has 0 aliphatic carbocycles. The van der Waals surface area contributed by atoms with Crippen LogP contribution in [0.1, 0.15) is 12.5 Å². The summed E-state index contributed by atoms with van der Waals surface area (Å²) >= 11 is 0. The zero-order chi connectivity index (χ0) is 13.0. The first kappa shape index (κ1) is 12.8. The molecule has 1 aromatic heterocycles. The van der Waals surface area contributed by atoms with Crippen LogP contribution in [-0.2, 0) is 13.0 Å². The number of aryl methyl sites for hydroxylation is 1. The molecule has 2 aromatic rings. The van der Waals surface area contributed by atoms with E-state index < -0.39 is 0 Å². The largest absolute Gasteiger partial charge is 0.319 e. The maximum absolute atomic E-state index is 13.3. The molecule has 0 saturated heterocycles. The molecular formula is C14H18FN3. The second-order valence-corrected chi connectivity index (χ2v) is 4.20. The summed E-state index contributed by atoms with van der Waals surface area (Å²) in [6.45, 7) is 3.71. The number of benzene rings is 1. The Bertz CT molecular complexity index is 520. The van der Waals surface area contributed by atoms with Crippen molar-refractivity contribution in [3.63, 3.8) is 0 Å². The first-order valence-corrected chi connectivity index (χ1v) is 6.21. The quantitative estimate of drug-likeness (QED) is 0.879. The molecule has 0 spiro atoms. The van der Waals surface area contributed by atoms with Crippen molar-refractivity contribution >= 4 is 0 Å². The molecule has 2 rings (SSSR count). The number of likely N-dealkylation sites (N-methyl/N-ethyl adjacent to an activating group) is 1. The zero-order valence-electron chi connectivity index (χ0n) is 10.8. The summed E-state index contributed by atoms with van der Waals surface area (Å²) in [6.07, 6.45) is 2.77. The van der Waals surface area contributed by atoms with E-state index in [1.54, 1.807) is 12.1 Å². The number of aromatic nitrogens is 2. The highest BCUT2D eigenvalue weighted by atomic mass is 19.1. The Balaban J connectivity index is 2.43. The van der Waals surface area contributed by atoms with Gasteiger partial charge >= 0.3 is 0 Å². The third-order valence-electron chi connectivity index (χ3n) is 2.96. The van der Waals surface area contributed by atoms with Gasteiger partial charge in [-0.15, -0.1) is 0 Å². The van der Waals surface area contributed by atoms with Crippen molar-refractivity contribution in [2.45, 2.75) is 19.9 Å². The third-order valence-corrected chi connectivity index (χ3v) is 2.96. The van der Waals surface area contributed by atoms with E-state index in [1.807, 2.05) is 30.9 Å². The van der Waals surface area contributed by atoms with Crippen LogP contribution in [0.15, 0.2) is 30.5 Å². The van der Waals surface area contributed by atoms with Gasteiger partial charge in [-0.05, 0) is 44.6 Å². The molecule has 1 heterocycles. The Kier molecular flexibility index (Phi) is 4.10. The van der Waals surface area contributed by atoms with Gasteiger partial charge in [0.2, 0.25) is 0 Å². The van der Waals surface area contributed by atoms with E-state index in [-0.39, 0.29) is 5.82 Å². The minimum Gasteiger partial charge on any atom is -0.319 e. The summed E-state index contributed by atoms with van der Waals surface area (Å²) in [7, 11) is 1.92. The van der Waals surface area contributed by atoms with Gasteiger partial charge in [0.15, 0.2) is 0 Å². The van der Waals surface area contributed by atoms with E-state index in [4.69, 9.17) is 0 Å². The lowest BCUT2D eigenvalue weighted by molar-refractivity contribution is 0.627. The molecule has 96 valence electrons. The second-order valence-electron chi connectivity index (χ2n) is 4.20. The monoisotopic (exact) mass is 247 g/mol. The molecule has 4 heteroatoms. The van der Waals surface area contributed by atoms with Crippen LogP contribution in [0.25, 0.3) is 11.3 Å². The first-order chi connectivity index (χ1) is 8.76. The standard InChI is InChI=1S/C14H18FN3/c1-3-18-14(11-5-4-6-13(15)9-11)12(10-17-18)7-8-16-2/h4-6,9-10,16H,3,7-8H2,1-2H3. The van der Waals surface area contributed by atoms with Gasteiger partial charge in [-0.25, -0.2) is 4.39 Å². The molecule has 0 radical (unpaired) electrons.